The third-order valence-corrected chi connectivity index (χ3v) is 4.09. The van der Waals surface area contributed by atoms with E-state index in [-0.39, 0.29) is 11.8 Å². The standard InChI is InChI=1S/C18H20FN3O/c19-16-8-4-7-15(13-5-2-1-3-6-13)17(16)21-18(20)22-11-9-14(23)10-12-22/h1-8,14,23H,9-12H2,(H2,20,21). The molecule has 3 N–H and O–H groups in total. The molecule has 1 heterocycles. The van der Waals surface area contributed by atoms with Crippen molar-refractivity contribution in [2.75, 3.05) is 13.1 Å². The van der Waals surface area contributed by atoms with Gasteiger partial charge in [-0.3, -0.25) is 0 Å². The van der Waals surface area contributed by atoms with Crippen molar-refractivity contribution in [2.24, 2.45) is 10.7 Å². The van der Waals surface area contributed by atoms with Crippen molar-refractivity contribution in [3.63, 3.8) is 0 Å². The molecular weight excluding hydrogens is 293 g/mol. The fourth-order valence-corrected chi connectivity index (χ4v) is 2.76. The molecule has 23 heavy (non-hydrogen) atoms. The Morgan fingerprint density at radius 2 is 1.78 bits per heavy atom. The van der Waals surface area contributed by atoms with Crippen molar-refractivity contribution >= 4 is 11.6 Å². The first-order valence-electron chi connectivity index (χ1n) is 7.76. The van der Waals surface area contributed by atoms with Crippen LogP contribution in [-0.2, 0) is 0 Å². The van der Waals surface area contributed by atoms with E-state index >= 15 is 0 Å². The Kier molecular flexibility index (Phi) is 4.57. The number of halogens is 1. The van der Waals surface area contributed by atoms with Crippen molar-refractivity contribution in [1.82, 2.24) is 4.90 Å². The quantitative estimate of drug-likeness (QED) is 0.662. The summed E-state index contributed by atoms with van der Waals surface area (Å²) in [5.41, 5.74) is 7.93. The summed E-state index contributed by atoms with van der Waals surface area (Å²) in [6, 6.07) is 14.5. The predicted octanol–water partition coefficient (Wildman–Crippen LogP) is 2.90. The molecule has 0 radical (unpaired) electrons. The lowest BCUT2D eigenvalue weighted by atomic mass is 10.0. The highest BCUT2D eigenvalue weighted by molar-refractivity contribution is 5.86. The minimum Gasteiger partial charge on any atom is -0.393 e. The highest BCUT2D eigenvalue weighted by atomic mass is 19.1. The maximum absolute atomic E-state index is 14.3. The Hall–Kier alpha value is -2.40. The molecule has 2 aromatic carbocycles. The van der Waals surface area contributed by atoms with Gasteiger partial charge in [0.15, 0.2) is 5.96 Å². The molecule has 0 spiro atoms. The van der Waals surface area contributed by atoms with Gasteiger partial charge < -0.3 is 15.7 Å². The SMILES string of the molecule is NC(=Nc1c(F)cccc1-c1ccccc1)N1CCC(O)CC1. The molecule has 0 aliphatic carbocycles. The molecule has 5 heteroatoms. The summed E-state index contributed by atoms with van der Waals surface area (Å²) in [5.74, 6) is -0.106. The van der Waals surface area contributed by atoms with Gasteiger partial charge in [0.2, 0.25) is 0 Å². The maximum Gasteiger partial charge on any atom is 0.196 e. The molecule has 1 aliphatic rings. The number of nitrogens with two attached hydrogens (primary N) is 1. The normalized spacial score (nSPS) is 16.6. The fraction of sp³-hybridized carbons (Fsp3) is 0.278. The first-order valence-corrected chi connectivity index (χ1v) is 7.76. The zero-order valence-electron chi connectivity index (χ0n) is 12.8. The summed E-state index contributed by atoms with van der Waals surface area (Å²) < 4.78 is 14.3. The second kappa shape index (κ2) is 6.79. The molecule has 1 saturated heterocycles. The average Bonchev–Trinajstić information content (AvgIpc) is 2.58. The van der Waals surface area contributed by atoms with Crippen molar-refractivity contribution in [2.45, 2.75) is 18.9 Å². The average molecular weight is 313 g/mol. The maximum atomic E-state index is 14.3. The van der Waals surface area contributed by atoms with Gasteiger partial charge in [-0.1, -0.05) is 42.5 Å². The minimum atomic E-state index is -0.397. The first kappa shape index (κ1) is 15.5. The summed E-state index contributed by atoms with van der Waals surface area (Å²) in [6.45, 7) is 1.26. The van der Waals surface area contributed by atoms with Gasteiger partial charge in [0.1, 0.15) is 11.5 Å². The molecule has 120 valence electrons. The smallest absolute Gasteiger partial charge is 0.196 e. The van der Waals surface area contributed by atoms with Crippen LogP contribution in [0.2, 0.25) is 0 Å². The molecule has 0 bridgehead atoms. The monoisotopic (exact) mass is 313 g/mol. The summed E-state index contributed by atoms with van der Waals surface area (Å²) in [4.78, 5) is 6.23. The number of nitrogens with zero attached hydrogens (tertiary/aromatic N) is 2. The number of para-hydroxylation sites is 1. The summed E-state index contributed by atoms with van der Waals surface area (Å²) in [5, 5.41) is 9.57. The van der Waals surface area contributed by atoms with E-state index in [9.17, 15) is 9.50 Å². The van der Waals surface area contributed by atoms with Gasteiger partial charge in [-0.15, -0.1) is 0 Å². The van der Waals surface area contributed by atoms with Gasteiger partial charge in [-0.2, -0.15) is 0 Å². The number of hydrogen-bond donors (Lipinski definition) is 2. The lowest BCUT2D eigenvalue weighted by molar-refractivity contribution is 0.109. The molecule has 0 saturated carbocycles. The van der Waals surface area contributed by atoms with Crippen molar-refractivity contribution in [3.8, 4) is 11.1 Å². The molecule has 0 amide bonds. The van der Waals surface area contributed by atoms with Gasteiger partial charge in [0.25, 0.3) is 0 Å². The van der Waals surface area contributed by atoms with E-state index in [1.165, 1.54) is 6.07 Å². The van der Waals surface area contributed by atoms with Crippen LogP contribution in [0.1, 0.15) is 12.8 Å². The highest BCUT2D eigenvalue weighted by Gasteiger charge is 2.19. The molecule has 2 aromatic rings. The number of hydrogen-bond acceptors (Lipinski definition) is 2. The van der Waals surface area contributed by atoms with Crippen LogP contribution in [0.15, 0.2) is 53.5 Å². The Morgan fingerprint density at radius 1 is 1.09 bits per heavy atom. The van der Waals surface area contributed by atoms with E-state index in [1.54, 1.807) is 6.07 Å². The Balaban J connectivity index is 1.95. The van der Waals surface area contributed by atoms with Crippen molar-refractivity contribution in [1.29, 1.82) is 0 Å². The fourth-order valence-electron chi connectivity index (χ4n) is 2.76. The van der Waals surface area contributed by atoms with Crippen LogP contribution < -0.4 is 5.73 Å². The minimum absolute atomic E-state index is 0.252. The third-order valence-electron chi connectivity index (χ3n) is 4.09. The van der Waals surface area contributed by atoms with Gasteiger partial charge >= 0.3 is 0 Å². The molecule has 0 aromatic heterocycles. The molecule has 1 aliphatic heterocycles. The van der Waals surface area contributed by atoms with E-state index in [2.05, 4.69) is 4.99 Å². The van der Waals surface area contributed by atoms with E-state index < -0.39 is 5.82 Å². The molecular formula is C18H20FN3O. The van der Waals surface area contributed by atoms with Gasteiger partial charge in [-0.05, 0) is 24.5 Å². The van der Waals surface area contributed by atoms with Crippen LogP contribution in [-0.4, -0.2) is 35.2 Å². The Labute approximate surface area is 135 Å². The number of piperidine rings is 1. The van der Waals surface area contributed by atoms with Crippen LogP contribution in [0.4, 0.5) is 10.1 Å². The topological polar surface area (TPSA) is 61.8 Å². The van der Waals surface area contributed by atoms with Crippen molar-refractivity contribution < 1.29 is 9.50 Å². The van der Waals surface area contributed by atoms with Crippen molar-refractivity contribution in [3.05, 3.63) is 54.3 Å². The van der Waals surface area contributed by atoms with Gasteiger partial charge in [0, 0.05) is 18.7 Å². The second-order valence-electron chi connectivity index (χ2n) is 5.69. The number of aliphatic imine (C=N–C) groups is 1. The van der Waals surface area contributed by atoms with Crippen LogP contribution in [0.5, 0.6) is 0 Å². The molecule has 0 atom stereocenters. The van der Waals surface area contributed by atoms with Crippen LogP contribution in [0, 0.1) is 5.82 Å². The lowest BCUT2D eigenvalue weighted by Crippen LogP contribution is -2.43. The zero-order valence-corrected chi connectivity index (χ0v) is 12.8. The number of aliphatic hydroxyl groups is 1. The lowest BCUT2D eigenvalue weighted by Gasteiger charge is -2.30. The molecule has 4 nitrogen and oxygen atoms in total. The van der Waals surface area contributed by atoms with E-state index in [0.29, 0.717) is 37.5 Å². The summed E-state index contributed by atoms with van der Waals surface area (Å²) in [7, 11) is 0. The highest BCUT2D eigenvalue weighted by Crippen LogP contribution is 2.32. The van der Waals surface area contributed by atoms with Crippen LogP contribution >= 0.6 is 0 Å². The molecule has 1 fully saturated rings. The number of guanidine groups is 1. The number of aliphatic hydroxyl groups excluding tert-OH is 1. The third kappa shape index (κ3) is 3.51. The Bertz CT molecular complexity index is 695. The first-order chi connectivity index (χ1) is 11.1. The summed E-state index contributed by atoms with van der Waals surface area (Å²) in [6.07, 6.45) is 1.02. The number of likely N-dealkylation sites (tertiary alicyclic amines) is 1. The van der Waals surface area contributed by atoms with Gasteiger partial charge in [-0.25, -0.2) is 9.38 Å². The molecule has 3 rings (SSSR count). The van der Waals surface area contributed by atoms with Crippen LogP contribution in [0.3, 0.4) is 0 Å². The van der Waals surface area contributed by atoms with E-state index in [0.717, 1.165) is 5.56 Å². The van der Waals surface area contributed by atoms with Gasteiger partial charge in [0.05, 0.1) is 6.10 Å². The Morgan fingerprint density at radius 3 is 2.48 bits per heavy atom. The van der Waals surface area contributed by atoms with Crippen LogP contribution in [0.25, 0.3) is 11.1 Å². The zero-order chi connectivity index (χ0) is 16.2. The number of benzene rings is 2. The second-order valence-corrected chi connectivity index (χ2v) is 5.69. The molecule has 0 unspecified atom stereocenters. The predicted molar refractivity (Wildman–Crippen MR) is 89.9 cm³/mol. The van der Waals surface area contributed by atoms with E-state index in [1.807, 2.05) is 41.3 Å². The summed E-state index contributed by atoms with van der Waals surface area (Å²) >= 11 is 0. The van der Waals surface area contributed by atoms with E-state index in [4.69, 9.17) is 5.73 Å². The number of rotatable bonds is 2. The largest absolute Gasteiger partial charge is 0.393 e.